The number of hydrogen-bond acceptors (Lipinski definition) is 1. The molecule has 2 nitrogen and oxygen atoms in total. The Morgan fingerprint density at radius 1 is 1.20 bits per heavy atom. The summed E-state index contributed by atoms with van der Waals surface area (Å²) in [6.07, 6.45) is 1.25. The van der Waals surface area contributed by atoms with Crippen molar-refractivity contribution in [1.82, 2.24) is 0 Å². The van der Waals surface area contributed by atoms with Crippen molar-refractivity contribution in [2.24, 2.45) is 0 Å². The Hall–Kier alpha value is -1.57. The van der Waals surface area contributed by atoms with E-state index in [1.807, 2.05) is 27.7 Å². The van der Waals surface area contributed by atoms with Gasteiger partial charge in [-0.1, -0.05) is 17.7 Å². The standard InChI is InChI=1S/C13H16O2/c1-8-5-9(2)13(10(3)6-8)11(4)7-12(14)15/h5-7H,1-4H3,(H,14,15)/b11-7+. The smallest absolute Gasteiger partial charge is 0.328 e. The van der Waals surface area contributed by atoms with Crippen molar-refractivity contribution >= 4 is 11.5 Å². The molecule has 0 bridgehead atoms. The van der Waals surface area contributed by atoms with E-state index in [9.17, 15) is 4.79 Å². The average molecular weight is 204 g/mol. The molecular weight excluding hydrogens is 188 g/mol. The Labute approximate surface area is 90.3 Å². The molecule has 0 aromatic heterocycles. The van der Waals surface area contributed by atoms with Crippen LogP contribution in [0, 0.1) is 20.8 Å². The second kappa shape index (κ2) is 4.30. The second-order valence-electron chi connectivity index (χ2n) is 3.94. The summed E-state index contributed by atoms with van der Waals surface area (Å²) in [5.74, 6) is -0.896. The van der Waals surface area contributed by atoms with E-state index >= 15 is 0 Å². The normalized spacial score (nSPS) is 11.6. The number of rotatable bonds is 2. The van der Waals surface area contributed by atoms with Crippen LogP contribution in [0.3, 0.4) is 0 Å². The molecule has 1 rings (SSSR count). The van der Waals surface area contributed by atoms with E-state index in [0.29, 0.717) is 0 Å². The lowest BCUT2D eigenvalue weighted by atomic mass is 9.94. The first-order valence-electron chi connectivity index (χ1n) is 4.91. The molecule has 0 fully saturated rings. The molecule has 0 aliphatic heterocycles. The fraction of sp³-hybridized carbons (Fsp3) is 0.308. The quantitative estimate of drug-likeness (QED) is 0.751. The summed E-state index contributed by atoms with van der Waals surface area (Å²) in [5, 5.41) is 8.71. The van der Waals surface area contributed by atoms with Gasteiger partial charge in [0.25, 0.3) is 0 Å². The lowest BCUT2D eigenvalue weighted by Crippen LogP contribution is -1.95. The summed E-state index contributed by atoms with van der Waals surface area (Å²) in [6, 6.07) is 4.14. The first kappa shape index (κ1) is 11.5. The summed E-state index contributed by atoms with van der Waals surface area (Å²) in [6.45, 7) is 7.89. The van der Waals surface area contributed by atoms with Crippen LogP contribution < -0.4 is 0 Å². The fourth-order valence-corrected chi connectivity index (χ4v) is 2.06. The zero-order valence-corrected chi connectivity index (χ0v) is 9.59. The SMILES string of the molecule is C/C(=C\C(=O)O)c1c(C)cc(C)cc1C. The van der Waals surface area contributed by atoms with Crippen LogP contribution in [0.15, 0.2) is 18.2 Å². The molecule has 0 amide bonds. The minimum atomic E-state index is -0.896. The Kier molecular flexibility index (Phi) is 3.30. The monoisotopic (exact) mass is 204 g/mol. The zero-order valence-electron chi connectivity index (χ0n) is 9.59. The molecule has 1 aromatic rings. The van der Waals surface area contributed by atoms with Gasteiger partial charge in [-0.3, -0.25) is 0 Å². The average Bonchev–Trinajstić information content (AvgIpc) is 1.99. The number of aliphatic carboxylic acids is 1. The summed E-state index contributed by atoms with van der Waals surface area (Å²) >= 11 is 0. The Bertz CT molecular complexity index is 405. The van der Waals surface area contributed by atoms with Crippen molar-refractivity contribution in [3.63, 3.8) is 0 Å². The molecule has 0 heterocycles. The van der Waals surface area contributed by atoms with E-state index in [2.05, 4.69) is 12.1 Å². The van der Waals surface area contributed by atoms with Crippen molar-refractivity contribution in [2.75, 3.05) is 0 Å². The van der Waals surface area contributed by atoms with E-state index in [1.165, 1.54) is 11.6 Å². The number of carboxylic acid groups (broad SMARTS) is 1. The van der Waals surface area contributed by atoms with Gasteiger partial charge in [0, 0.05) is 6.08 Å². The van der Waals surface area contributed by atoms with Crippen molar-refractivity contribution in [3.8, 4) is 0 Å². The molecule has 2 heteroatoms. The first-order valence-corrected chi connectivity index (χ1v) is 4.91. The van der Waals surface area contributed by atoms with Crippen molar-refractivity contribution in [1.29, 1.82) is 0 Å². The topological polar surface area (TPSA) is 37.3 Å². The molecule has 80 valence electrons. The van der Waals surface area contributed by atoms with Gasteiger partial charge in [-0.05, 0) is 50.0 Å². The molecular formula is C13H16O2. The van der Waals surface area contributed by atoms with Gasteiger partial charge in [-0.25, -0.2) is 4.79 Å². The van der Waals surface area contributed by atoms with Gasteiger partial charge in [-0.15, -0.1) is 0 Å². The number of hydrogen-bond donors (Lipinski definition) is 1. The maximum atomic E-state index is 10.6. The summed E-state index contributed by atoms with van der Waals surface area (Å²) in [4.78, 5) is 10.6. The van der Waals surface area contributed by atoms with Crippen molar-refractivity contribution in [2.45, 2.75) is 27.7 Å². The fourth-order valence-electron chi connectivity index (χ4n) is 2.06. The van der Waals surface area contributed by atoms with Crippen LogP contribution in [0.4, 0.5) is 0 Å². The minimum absolute atomic E-state index is 0.803. The van der Waals surface area contributed by atoms with Gasteiger partial charge in [0.2, 0.25) is 0 Å². The van der Waals surface area contributed by atoms with Gasteiger partial charge in [0.1, 0.15) is 0 Å². The molecule has 0 saturated heterocycles. The highest BCUT2D eigenvalue weighted by Gasteiger charge is 2.06. The predicted molar refractivity (Wildman–Crippen MR) is 61.9 cm³/mol. The van der Waals surface area contributed by atoms with E-state index < -0.39 is 5.97 Å². The maximum Gasteiger partial charge on any atom is 0.328 e. The van der Waals surface area contributed by atoms with Gasteiger partial charge in [-0.2, -0.15) is 0 Å². The third-order valence-corrected chi connectivity index (χ3v) is 2.41. The van der Waals surface area contributed by atoms with E-state index in [4.69, 9.17) is 5.11 Å². The highest BCUT2D eigenvalue weighted by molar-refractivity contribution is 5.90. The Morgan fingerprint density at radius 2 is 1.67 bits per heavy atom. The Balaban J connectivity index is 3.32. The van der Waals surface area contributed by atoms with Crippen molar-refractivity contribution in [3.05, 3.63) is 40.5 Å². The summed E-state index contributed by atoms with van der Waals surface area (Å²) in [7, 11) is 0. The third-order valence-electron chi connectivity index (χ3n) is 2.41. The van der Waals surface area contributed by atoms with Crippen LogP contribution >= 0.6 is 0 Å². The second-order valence-corrected chi connectivity index (χ2v) is 3.94. The number of benzene rings is 1. The molecule has 0 atom stereocenters. The number of carboxylic acids is 1. The Morgan fingerprint density at radius 3 is 2.07 bits per heavy atom. The summed E-state index contributed by atoms with van der Waals surface area (Å²) in [5.41, 5.74) is 5.31. The first-order chi connectivity index (χ1) is 6.91. The summed E-state index contributed by atoms with van der Waals surface area (Å²) < 4.78 is 0. The van der Waals surface area contributed by atoms with Crippen LogP contribution in [-0.4, -0.2) is 11.1 Å². The molecule has 0 aliphatic carbocycles. The van der Waals surface area contributed by atoms with Gasteiger partial charge < -0.3 is 5.11 Å². The van der Waals surface area contributed by atoms with Crippen LogP contribution in [0.5, 0.6) is 0 Å². The molecule has 15 heavy (non-hydrogen) atoms. The molecule has 1 N–H and O–H groups in total. The van der Waals surface area contributed by atoms with E-state index in [1.54, 1.807) is 0 Å². The third kappa shape index (κ3) is 2.69. The maximum absolute atomic E-state index is 10.6. The lowest BCUT2D eigenvalue weighted by Gasteiger charge is -2.11. The predicted octanol–water partition coefficient (Wildman–Crippen LogP) is 3.10. The van der Waals surface area contributed by atoms with Crippen LogP contribution in [-0.2, 0) is 4.79 Å². The number of carbonyl (C=O) groups is 1. The highest BCUT2D eigenvalue weighted by atomic mass is 16.4. The molecule has 1 aromatic carbocycles. The van der Waals surface area contributed by atoms with E-state index in [0.717, 1.165) is 22.3 Å². The molecule has 0 unspecified atom stereocenters. The van der Waals surface area contributed by atoms with Crippen LogP contribution in [0.2, 0.25) is 0 Å². The molecule has 0 saturated carbocycles. The largest absolute Gasteiger partial charge is 0.478 e. The van der Waals surface area contributed by atoms with Crippen LogP contribution in [0.1, 0.15) is 29.2 Å². The lowest BCUT2D eigenvalue weighted by molar-refractivity contribution is -0.131. The van der Waals surface area contributed by atoms with Gasteiger partial charge >= 0.3 is 5.97 Å². The number of allylic oxidation sites excluding steroid dienone is 1. The van der Waals surface area contributed by atoms with Gasteiger partial charge in [0.05, 0.1) is 0 Å². The van der Waals surface area contributed by atoms with E-state index in [-0.39, 0.29) is 0 Å². The van der Waals surface area contributed by atoms with Crippen LogP contribution in [0.25, 0.3) is 5.57 Å². The molecule has 0 aliphatic rings. The molecule has 0 radical (unpaired) electrons. The highest BCUT2D eigenvalue weighted by Crippen LogP contribution is 2.23. The molecule has 0 spiro atoms. The minimum Gasteiger partial charge on any atom is -0.478 e. The zero-order chi connectivity index (χ0) is 11.6. The van der Waals surface area contributed by atoms with Crippen molar-refractivity contribution < 1.29 is 9.90 Å². The van der Waals surface area contributed by atoms with Gasteiger partial charge in [0.15, 0.2) is 0 Å². The number of aryl methyl sites for hydroxylation is 3.